The van der Waals surface area contributed by atoms with Crippen molar-refractivity contribution in [2.45, 2.75) is 5.38 Å². The van der Waals surface area contributed by atoms with Crippen molar-refractivity contribution in [2.75, 3.05) is 32.2 Å². The van der Waals surface area contributed by atoms with Crippen molar-refractivity contribution < 1.29 is 4.74 Å². The predicted octanol–water partition coefficient (Wildman–Crippen LogP) is 2.26. The van der Waals surface area contributed by atoms with E-state index < -0.39 is 0 Å². The van der Waals surface area contributed by atoms with Crippen LogP contribution in [0.25, 0.3) is 11.0 Å². The van der Waals surface area contributed by atoms with E-state index in [1.54, 1.807) is 7.11 Å². The molecule has 1 heterocycles. The molecule has 1 aromatic carbocycles. The highest BCUT2D eigenvalue weighted by atomic mass is 35.5. The molecule has 0 bridgehead atoms. The van der Waals surface area contributed by atoms with Gasteiger partial charge in [-0.1, -0.05) is 12.1 Å². The highest BCUT2D eigenvalue weighted by Gasteiger charge is 2.14. The average Bonchev–Trinajstić information content (AvgIpc) is 2.68. The van der Waals surface area contributed by atoms with Crippen LogP contribution < -0.4 is 4.90 Å². The number of para-hydroxylation sites is 2. The van der Waals surface area contributed by atoms with Crippen molar-refractivity contribution in [3.63, 3.8) is 0 Å². The Bertz CT molecular complexity index is 526. The first-order valence-corrected chi connectivity index (χ1v) is 6.32. The minimum Gasteiger partial charge on any atom is -0.383 e. The molecule has 5 heteroatoms. The number of hydrogen-bond acceptors (Lipinski definition) is 3. The number of aromatic nitrogens is 2. The summed E-state index contributed by atoms with van der Waals surface area (Å²) in [6.45, 7) is 1.24. The van der Waals surface area contributed by atoms with Crippen LogP contribution in [0, 0.1) is 0 Å². The van der Waals surface area contributed by atoms with Gasteiger partial charge in [0.05, 0.1) is 23.0 Å². The fourth-order valence-electron chi connectivity index (χ4n) is 2.09. The zero-order valence-electron chi connectivity index (χ0n) is 10.9. The van der Waals surface area contributed by atoms with Crippen LogP contribution in [0.15, 0.2) is 24.3 Å². The fraction of sp³-hybridized carbons (Fsp3) is 0.462. The van der Waals surface area contributed by atoms with Crippen LogP contribution in [0.4, 0.5) is 5.95 Å². The van der Waals surface area contributed by atoms with Crippen molar-refractivity contribution in [2.24, 2.45) is 7.05 Å². The van der Waals surface area contributed by atoms with Crippen molar-refractivity contribution in [1.29, 1.82) is 0 Å². The van der Waals surface area contributed by atoms with Gasteiger partial charge in [-0.2, -0.15) is 0 Å². The molecular weight excluding hydrogens is 250 g/mol. The first-order valence-electron chi connectivity index (χ1n) is 5.89. The maximum atomic E-state index is 6.17. The Morgan fingerprint density at radius 3 is 2.83 bits per heavy atom. The third-order valence-corrected chi connectivity index (χ3v) is 3.19. The number of halogens is 1. The Hall–Kier alpha value is -1.26. The molecule has 4 nitrogen and oxygen atoms in total. The number of anilines is 1. The van der Waals surface area contributed by atoms with E-state index in [1.165, 1.54) is 0 Å². The van der Waals surface area contributed by atoms with Gasteiger partial charge in [0, 0.05) is 27.7 Å². The lowest BCUT2D eigenvalue weighted by Crippen LogP contribution is -2.30. The highest BCUT2D eigenvalue weighted by molar-refractivity contribution is 6.21. The maximum absolute atomic E-state index is 6.17. The topological polar surface area (TPSA) is 30.3 Å². The minimum absolute atomic E-state index is 0.0418. The van der Waals surface area contributed by atoms with E-state index in [0.29, 0.717) is 13.2 Å². The van der Waals surface area contributed by atoms with E-state index in [2.05, 4.69) is 20.5 Å². The lowest BCUT2D eigenvalue weighted by Gasteiger charge is -2.20. The molecule has 0 spiro atoms. The van der Waals surface area contributed by atoms with Gasteiger partial charge in [0.25, 0.3) is 0 Å². The lowest BCUT2D eigenvalue weighted by atomic mass is 10.3. The molecular formula is C13H18ClN3O. The van der Waals surface area contributed by atoms with Gasteiger partial charge in [-0.3, -0.25) is 0 Å². The van der Waals surface area contributed by atoms with Crippen LogP contribution in [0.3, 0.4) is 0 Å². The first-order chi connectivity index (χ1) is 8.63. The second-order valence-corrected chi connectivity index (χ2v) is 5.01. The monoisotopic (exact) mass is 267 g/mol. The first kappa shape index (κ1) is 13.2. The lowest BCUT2D eigenvalue weighted by molar-refractivity contribution is 0.199. The summed E-state index contributed by atoms with van der Waals surface area (Å²) < 4.78 is 7.12. The minimum atomic E-state index is -0.0418. The van der Waals surface area contributed by atoms with E-state index in [9.17, 15) is 0 Å². The van der Waals surface area contributed by atoms with Crippen molar-refractivity contribution in [3.8, 4) is 0 Å². The normalized spacial score (nSPS) is 12.9. The van der Waals surface area contributed by atoms with Crippen LogP contribution in [-0.4, -0.2) is 42.2 Å². The maximum Gasteiger partial charge on any atom is 0.206 e. The van der Waals surface area contributed by atoms with Crippen molar-refractivity contribution in [3.05, 3.63) is 24.3 Å². The zero-order valence-corrected chi connectivity index (χ0v) is 11.7. The molecule has 0 radical (unpaired) electrons. The zero-order chi connectivity index (χ0) is 13.1. The summed E-state index contributed by atoms with van der Waals surface area (Å²) in [6.07, 6.45) is 0. The van der Waals surface area contributed by atoms with E-state index >= 15 is 0 Å². The summed E-state index contributed by atoms with van der Waals surface area (Å²) in [5, 5.41) is -0.0418. The van der Waals surface area contributed by atoms with E-state index in [-0.39, 0.29) is 5.38 Å². The number of alkyl halides is 1. The molecule has 0 saturated heterocycles. The number of nitrogens with zero attached hydrogens (tertiary/aromatic N) is 3. The molecule has 0 aliphatic carbocycles. The summed E-state index contributed by atoms with van der Waals surface area (Å²) in [4.78, 5) is 6.67. The number of aryl methyl sites for hydroxylation is 1. The van der Waals surface area contributed by atoms with E-state index in [4.69, 9.17) is 16.3 Å². The average molecular weight is 268 g/mol. The van der Waals surface area contributed by atoms with Gasteiger partial charge in [-0.25, -0.2) is 4.98 Å². The Labute approximate surface area is 112 Å². The molecule has 18 heavy (non-hydrogen) atoms. The molecule has 1 unspecified atom stereocenters. The molecule has 2 aromatic rings. The summed E-state index contributed by atoms with van der Waals surface area (Å²) in [6, 6.07) is 8.09. The number of methoxy groups -OCH3 is 1. The molecule has 0 saturated carbocycles. The Kier molecular flexibility index (Phi) is 4.09. The molecule has 1 atom stereocenters. The smallest absolute Gasteiger partial charge is 0.206 e. The molecule has 2 rings (SSSR count). The molecule has 98 valence electrons. The van der Waals surface area contributed by atoms with Crippen LogP contribution in [0.5, 0.6) is 0 Å². The molecule has 0 amide bonds. The summed E-state index contributed by atoms with van der Waals surface area (Å²) in [5.41, 5.74) is 2.12. The number of hydrogen-bond donors (Lipinski definition) is 0. The highest BCUT2D eigenvalue weighted by Crippen LogP contribution is 2.20. The Balaban J connectivity index is 2.22. The van der Waals surface area contributed by atoms with Crippen molar-refractivity contribution >= 4 is 28.6 Å². The van der Waals surface area contributed by atoms with Gasteiger partial charge in [-0.05, 0) is 12.1 Å². The second kappa shape index (κ2) is 5.59. The van der Waals surface area contributed by atoms with Gasteiger partial charge < -0.3 is 14.2 Å². The number of benzene rings is 1. The number of fused-ring (bicyclic) bond motifs is 1. The predicted molar refractivity (Wildman–Crippen MR) is 75.5 cm³/mol. The largest absolute Gasteiger partial charge is 0.383 e. The third-order valence-electron chi connectivity index (χ3n) is 2.92. The van der Waals surface area contributed by atoms with E-state index in [1.807, 2.05) is 32.3 Å². The van der Waals surface area contributed by atoms with Crippen LogP contribution >= 0.6 is 11.6 Å². The Morgan fingerprint density at radius 1 is 1.44 bits per heavy atom. The second-order valence-electron chi connectivity index (χ2n) is 4.39. The number of ether oxygens (including phenoxy) is 1. The van der Waals surface area contributed by atoms with Gasteiger partial charge >= 0.3 is 0 Å². The van der Waals surface area contributed by atoms with Gasteiger partial charge in [0.2, 0.25) is 5.95 Å². The van der Waals surface area contributed by atoms with Crippen molar-refractivity contribution in [1.82, 2.24) is 9.55 Å². The third kappa shape index (κ3) is 2.60. The van der Waals surface area contributed by atoms with Gasteiger partial charge in [0.15, 0.2) is 0 Å². The van der Waals surface area contributed by atoms with Crippen LogP contribution in [0.2, 0.25) is 0 Å². The number of rotatable bonds is 5. The number of imidazole rings is 1. The quantitative estimate of drug-likeness (QED) is 0.779. The van der Waals surface area contributed by atoms with Crippen LogP contribution in [-0.2, 0) is 11.8 Å². The van der Waals surface area contributed by atoms with E-state index in [0.717, 1.165) is 17.0 Å². The summed E-state index contributed by atoms with van der Waals surface area (Å²) in [7, 11) is 5.66. The molecule has 1 aromatic heterocycles. The molecule has 0 aliphatic heterocycles. The molecule has 0 N–H and O–H groups in total. The summed E-state index contributed by atoms with van der Waals surface area (Å²) in [5.74, 6) is 0.915. The fourth-order valence-corrected chi connectivity index (χ4v) is 2.42. The molecule has 0 aliphatic rings. The SMILES string of the molecule is COCC(Cl)CN(C)c1nc2ccccc2n1C. The Morgan fingerprint density at radius 2 is 2.17 bits per heavy atom. The summed E-state index contributed by atoms with van der Waals surface area (Å²) >= 11 is 6.17. The standard InChI is InChI=1S/C13H18ClN3O/c1-16(8-10(14)9-18-3)13-15-11-6-4-5-7-12(11)17(13)2/h4-7,10H,8-9H2,1-3H3. The van der Waals surface area contributed by atoms with Gasteiger partial charge in [0.1, 0.15) is 0 Å². The van der Waals surface area contributed by atoms with Gasteiger partial charge in [-0.15, -0.1) is 11.6 Å². The van der Waals surface area contributed by atoms with Crippen LogP contribution in [0.1, 0.15) is 0 Å². The molecule has 0 fully saturated rings.